The van der Waals surface area contributed by atoms with Crippen LogP contribution in [-0.4, -0.2) is 31.1 Å². The molecule has 0 saturated carbocycles. The van der Waals surface area contributed by atoms with E-state index in [0.29, 0.717) is 24.8 Å². The Bertz CT molecular complexity index is 820. The number of ether oxygens (including phenoxy) is 1. The van der Waals surface area contributed by atoms with Gasteiger partial charge < -0.3 is 4.74 Å². The van der Waals surface area contributed by atoms with E-state index in [1.807, 2.05) is 48.5 Å². The van der Waals surface area contributed by atoms with Gasteiger partial charge >= 0.3 is 0 Å². The average molecular weight is 378 g/mol. The summed E-state index contributed by atoms with van der Waals surface area (Å²) in [4.78, 5) is 0. The first kappa shape index (κ1) is 18.1. The third-order valence-electron chi connectivity index (χ3n) is 4.04. The summed E-state index contributed by atoms with van der Waals surface area (Å²) in [7, 11) is -3.34. The zero-order valence-electron chi connectivity index (χ0n) is 13.7. The number of benzene rings is 2. The smallest absolute Gasteiger partial charge is 0.218 e. The zero-order chi connectivity index (χ0) is 17.7. The van der Waals surface area contributed by atoms with Gasteiger partial charge in [0.25, 0.3) is 0 Å². The van der Waals surface area contributed by atoms with Crippen molar-refractivity contribution in [3.63, 3.8) is 0 Å². The first-order valence-corrected chi connectivity index (χ1v) is 10.1. The predicted octanol–water partition coefficient (Wildman–Crippen LogP) is 3.63. The highest BCUT2D eigenvalue weighted by atomic mass is 35.5. The van der Waals surface area contributed by atoms with Crippen LogP contribution in [0.15, 0.2) is 66.7 Å². The summed E-state index contributed by atoms with van der Waals surface area (Å²) in [6.45, 7) is 1.08. The lowest BCUT2D eigenvalue weighted by Crippen LogP contribution is -2.44. The molecule has 0 saturated heterocycles. The van der Waals surface area contributed by atoms with E-state index in [2.05, 4.69) is 0 Å². The van der Waals surface area contributed by atoms with E-state index in [9.17, 15) is 8.42 Å². The van der Waals surface area contributed by atoms with Crippen molar-refractivity contribution in [2.45, 2.75) is 19.2 Å². The summed E-state index contributed by atoms with van der Waals surface area (Å²) >= 11 is 5.90. The predicted molar refractivity (Wildman–Crippen MR) is 99.8 cm³/mol. The fourth-order valence-corrected chi connectivity index (χ4v) is 4.29. The lowest BCUT2D eigenvalue weighted by atomic mass is 10.2. The van der Waals surface area contributed by atoms with Crippen molar-refractivity contribution in [2.24, 2.45) is 0 Å². The van der Waals surface area contributed by atoms with Gasteiger partial charge in [-0.05, 0) is 23.3 Å². The van der Waals surface area contributed by atoms with Crippen LogP contribution in [0.5, 0.6) is 0 Å². The Morgan fingerprint density at radius 3 is 2.48 bits per heavy atom. The van der Waals surface area contributed by atoms with Gasteiger partial charge in [-0.25, -0.2) is 8.42 Å². The molecule has 0 N–H and O–H groups in total. The first-order chi connectivity index (χ1) is 12.0. The van der Waals surface area contributed by atoms with E-state index >= 15 is 0 Å². The van der Waals surface area contributed by atoms with E-state index in [0.717, 1.165) is 11.1 Å². The second-order valence-corrected chi connectivity index (χ2v) is 8.35. The number of halogens is 1. The van der Waals surface area contributed by atoms with Crippen LogP contribution in [0.2, 0.25) is 5.02 Å². The van der Waals surface area contributed by atoms with Crippen LogP contribution in [0.1, 0.15) is 11.1 Å². The summed E-state index contributed by atoms with van der Waals surface area (Å²) in [5.41, 5.74) is 1.96. The molecule has 1 heterocycles. The van der Waals surface area contributed by atoms with Gasteiger partial charge in [0.15, 0.2) is 0 Å². The number of hydrogen-bond donors (Lipinski definition) is 0. The van der Waals surface area contributed by atoms with Crippen LogP contribution in [0.25, 0.3) is 0 Å². The van der Waals surface area contributed by atoms with Crippen LogP contribution in [0.3, 0.4) is 0 Å². The highest BCUT2D eigenvalue weighted by Gasteiger charge is 2.31. The van der Waals surface area contributed by atoms with Crippen LogP contribution >= 0.6 is 11.6 Å². The minimum Gasteiger partial charge on any atom is -0.375 e. The third kappa shape index (κ3) is 4.92. The lowest BCUT2D eigenvalue weighted by Gasteiger charge is -2.31. The molecule has 2 aromatic rings. The Hall–Kier alpha value is -1.66. The van der Waals surface area contributed by atoms with Crippen molar-refractivity contribution in [2.75, 3.05) is 12.4 Å². The topological polar surface area (TPSA) is 46.6 Å². The maximum atomic E-state index is 12.5. The van der Waals surface area contributed by atoms with Crippen LogP contribution in [0, 0.1) is 0 Å². The molecule has 1 atom stereocenters. The molecule has 0 spiro atoms. The summed E-state index contributed by atoms with van der Waals surface area (Å²) < 4.78 is 32.2. The fourth-order valence-electron chi connectivity index (χ4n) is 2.73. The summed E-state index contributed by atoms with van der Waals surface area (Å²) in [6, 6.07) is 16.8. The fraction of sp³-hybridized carbons (Fsp3) is 0.263. The Morgan fingerprint density at radius 2 is 1.76 bits per heavy atom. The van der Waals surface area contributed by atoms with Crippen molar-refractivity contribution in [3.05, 3.63) is 82.9 Å². The summed E-state index contributed by atoms with van der Waals surface area (Å²) in [6.07, 6.45) is 3.60. The largest absolute Gasteiger partial charge is 0.375 e. The molecule has 0 amide bonds. The lowest BCUT2D eigenvalue weighted by molar-refractivity contribution is 0.0889. The minimum atomic E-state index is -3.34. The van der Waals surface area contributed by atoms with Crippen molar-refractivity contribution >= 4 is 21.6 Å². The molecular formula is C19H20ClNO3S. The number of nitrogens with zero attached hydrogens (tertiary/aromatic N) is 1. The number of hydrogen-bond acceptors (Lipinski definition) is 3. The van der Waals surface area contributed by atoms with Crippen LogP contribution < -0.4 is 0 Å². The third-order valence-corrected chi connectivity index (χ3v) is 6.02. The molecule has 4 nitrogen and oxygen atoms in total. The standard InChI is InChI=1S/C19H20ClNO3S/c20-18-10-8-16(9-11-18)13-21-19(7-4-12-25(21,22)23)15-24-14-17-5-2-1-3-6-17/h1-11,19H,12-15H2/t19-/m1/s1. The maximum absolute atomic E-state index is 12.5. The highest BCUT2D eigenvalue weighted by molar-refractivity contribution is 7.89. The van der Waals surface area contributed by atoms with Gasteiger partial charge in [0, 0.05) is 11.6 Å². The Morgan fingerprint density at radius 1 is 1.04 bits per heavy atom. The molecule has 6 heteroatoms. The monoisotopic (exact) mass is 377 g/mol. The molecule has 132 valence electrons. The van der Waals surface area contributed by atoms with Crippen molar-refractivity contribution in [3.8, 4) is 0 Å². The van der Waals surface area contributed by atoms with Crippen LogP contribution in [-0.2, 0) is 27.9 Å². The second kappa shape index (κ2) is 8.15. The van der Waals surface area contributed by atoms with Gasteiger partial charge in [-0.15, -0.1) is 0 Å². The number of rotatable bonds is 6. The van der Waals surface area contributed by atoms with Crippen molar-refractivity contribution < 1.29 is 13.2 Å². The van der Waals surface area contributed by atoms with Gasteiger partial charge in [0.1, 0.15) is 0 Å². The second-order valence-electron chi connectivity index (χ2n) is 5.95. The van der Waals surface area contributed by atoms with Gasteiger partial charge in [-0.3, -0.25) is 0 Å². The molecule has 0 aliphatic carbocycles. The average Bonchev–Trinajstić information content (AvgIpc) is 2.60. The molecule has 0 fully saturated rings. The van der Waals surface area contributed by atoms with Gasteiger partial charge in [-0.2, -0.15) is 4.31 Å². The molecule has 0 aromatic heterocycles. The molecule has 1 aliphatic rings. The first-order valence-electron chi connectivity index (χ1n) is 8.07. The molecule has 1 aliphatic heterocycles. The molecular weight excluding hydrogens is 358 g/mol. The van der Waals surface area contributed by atoms with E-state index in [1.165, 1.54) is 4.31 Å². The van der Waals surface area contributed by atoms with E-state index < -0.39 is 10.0 Å². The molecule has 0 unspecified atom stereocenters. The van der Waals surface area contributed by atoms with E-state index in [4.69, 9.17) is 16.3 Å². The SMILES string of the molecule is O=S1(=O)CC=C[C@H](COCc2ccccc2)N1Cc1ccc(Cl)cc1. The zero-order valence-corrected chi connectivity index (χ0v) is 15.3. The highest BCUT2D eigenvalue weighted by Crippen LogP contribution is 2.21. The van der Waals surface area contributed by atoms with Gasteiger partial charge in [0.05, 0.1) is 25.0 Å². The number of sulfonamides is 1. The Kier molecular flexibility index (Phi) is 5.91. The molecule has 3 rings (SSSR count). The van der Waals surface area contributed by atoms with Crippen molar-refractivity contribution in [1.29, 1.82) is 0 Å². The minimum absolute atomic E-state index is 0.0236. The van der Waals surface area contributed by atoms with Gasteiger partial charge in [0.2, 0.25) is 10.0 Å². The molecule has 2 aromatic carbocycles. The maximum Gasteiger partial charge on any atom is 0.218 e. The van der Waals surface area contributed by atoms with E-state index in [1.54, 1.807) is 18.2 Å². The molecule has 0 bridgehead atoms. The Balaban J connectivity index is 1.68. The molecule has 0 radical (unpaired) electrons. The summed E-state index contributed by atoms with van der Waals surface area (Å²) in [5, 5.41) is 0.632. The van der Waals surface area contributed by atoms with E-state index in [-0.39, 0.29) is 11.8 Å². The summed E-state index contributed by atoms with van der Waals surface area (Å²) in [5.74, 6) is 0.0236. The van der Waals surface area contributed by atoms with Gasteiger partial charge in [-0.1, -0.05) is 66.2 Å². The normalized spacial score (nSPS) is 19.8. The van der Waals surface area contributed by atoms with Crippen LogP contribution in [0.4, 0.5) is 0 Å². The Labute approximate surface area is 153 Å². The quantitative estimate of drug-likeness (QED) is 0.722. The van der Waals surface area contributed by atoms with Crippen molar-refractivity contribution in [1.82, 2.24) is 4.31 Å². The molecule has 25 heavy (non-hydrogen) atoms.